The average molecular weight is 640 g/mol. The lowest BCUT2D eigenvalue weighted by Gasteiger charge is -2.22. The van der Waals surface area contributed by atoms with E-state index in [9.17, 15) is 23.1 Å². The number of halogens is 3. The number of rotatable bonds is 22. The quantitative estimate of drug-likeness (QED) is 0.111. The second-order valence-corrected chi connectivity index (χ2v) is 12.5. The van der Waals surface area contributed by atoms with Gasteiger partial charge in [0, 0.05) is 30.5 Å². The second-order valence-electron chi connectivity index (χ2n) is 12.5. The Morgan fingerprint density at radius 2 is 1.48 bits per heavy atom. The van der Waals surface area contributed by atoms with Crippen molar-refractivity contribution >= 4 is 5.97 Å². The van der Waals surface area contributed by atoms with Crippen LogP contribution in [0, 0.1) is 0 Å². The first kappa shape index (κ1) is 37.3. The molecule has 0 radical (unpaired) electrons. The molecule has 1 aromatic heterocycles. The minimum atomic E-state index is -4.42. The highest BCUT2D eigenvalue weighted by molar-refractivity contribution is 5.83. The molecular formula is C39H52F3NO3. The highest BCUT2D eigenvalue weighted by atomic mass is 19.4. The normalized spacial score (nSPS) is 13.1. The van der Waals surface area contributed by atoms with E-state index in [4.69, 9.17) is 9.72 Å². The predicted molar refractivity (Wildman–Crippen MR) is 181 cm³/mol. The van der Waals surface area contributed by atoms with Crippen LogP contribution in [0.5, 0.6) is 0 Å². The number of benzene rings is 2. The third-order valence-electron chi connectivity index (χ3n) is 8.76. The maximum atomic E-state index is 13.0. The van der Waals surface area contributed by atoms with Gasteiger partial charge < -0.3 is 9.84 Å². The highest BCUT2D eigenvalue weighted by Crippen LogP contribution is 2.37. The number of hydrogen-bond acceptors (Lipinski definition) is 3. The van der Waals surface area contributed by atoms with Crippen molar-refractivity contribution in [1.29, 1.82) is 0 Å². The van der Waals surface area contributed by atoms with E-state index in [2.05, 4.69) is 43.3 Å². The van der Waals surface area contributed by atoms with Gasteiger partial charge in [0.05, 0.1) is 0 Å². The zero-order valence-corrected chi connectivity index (χ0v) is 27.7. The van der Waals surface area contributed by atoms with Crippen LogP contribution in [0.2, 0.25) is 0 Å². The van der Waals surface area contributed by atoms with Crippen molar-refractivity contribution < 1.29 is 27.8 Å². The number of carboxylic acid groups (broad SMARTS) is 1. The first-order valence-electron chi connectivity index (χ1n) is 17.2. The molecule has 4 nitrogen and oxygen atoms in total. The fraction of sp³-hybridized carbons (Fsp3) is 0.538. The maximum Gasteiger partial charge on any atom is 0.414 e. The van der Waals surface area contributed by atoms with Gasteiger partial charge in [0.25, 0.3) is 0 Å². The van der Waals surface area contributed by atoms with Gasteiger partial charge in [-0.2, -0.15) is 13.2 Å². The number of unbranched alkanes of at least 4 members (excludes halogenated alkanes) is 9. The number of alkyl halides is 3. The predicted octanol–water partition coefficient (Wildman–Crippen LogP) is 11.6. The Bertz CT molecular complexity index is 1280. The maximum absolute atomic E-state index is 13.0. The van der Waals surface area contributed by atoms with Crippen molar-refractivity contribution in [1.82, 2.24) is 4.98 Å². The van der Waals surface area contributed by atoms with E-state index >= 15 is 0 Å². The van der Waals surface area contributed by atoms with Gasteiger partial charge in [0.2, 0.25) is 0 Å². The van der Waals surface area contributed by atoms with E-state index < -0.39 is 18.2 Å². The Labute approximate surface area is 273 Å². The summed E-state index contributed by atoms with van der Waals surface area (Å²) in [7, 11) is 0. The topological polar surface area (TPSA) is 59.4 Å². The Kier molecular flexibility index (Phi) is 16.3. The minimum absolute atomic E-state index is 0.00962. The third-order valence-corrected chi connectivity index (χ3v) is 8.76. The van der Waals surface area contributed by atoms with E-state index in [1.54, 1.807) is 0 Å². The van der Waals surface area contributed by atoms with Crippen LogP contribution in [-0.2, 0) is 16.0 Å². The van der Waals surface area contributed by atoms with E-state index in [1.807, 2.05) is 30.5 Å². The summed E-state index contributed by atoms with van der Waals surface area (Å²) in [6.07, 6.45) is 10.9. The van der Waals surface area contributed by atoms with Crippen molar-refractivity contribution in [2.75, 3.05) is 6.61 Å². The molecule has 7 heteroatoms. The monoisotopic (exact) mass is 639 g/mol. The molecule has 1 heterocycles. The lowest BCUT2D eigenvalue weighted by Crippen LogP contribution is -2.29. The second kappa shape index (κ2) is 20.1. The highest BCUT2D eigenvalue weighted by Gasteiger charge is 2.36. The lowest BCUT2D eigenvalue weighted by atomic mass is 9.86. The van der Waals surface area contributed by atoms with Gasteiger partial charge in [-0.15, -0.1) is 0 Å². The number of carboxylic acids is 1. The molecule has 3 aromatic rings. The summed E-state index contributed by atoms with van der Waals surface area (Å²) in [5.74, 6) is -1.03. The van der Waals surface area contributed by atoms with E-state index in [1.165, 1.54) is 57.8 Å². The molecule has 0 fully saturated rings. The molecule has 46 heavy (non-hydrogen) atoms. The number of pyridine rings is 1. The molecule has 2 aromatic carbocycles. The minimum Gasteiger partial charge on any atom is -0.481 e. The molecule has 0 saturated heterocycles. The van der Waals surface area contributed by atoms with Crippen molar-refractivity contribution in [3.63, 3.8) is 0 Å². The summed E-state index contributed by atoms with van der Waals surface area (Å²) in [5, 5.41) is 9.19. The molecule has 0 amide bonds. The summed E-state index contributed by atoms with van der Waals surface area (Å²) in [5.41, 5.74) is 6.09. The zero-order chi connectivity index (χ0) is 33.2. The van der Waals surface area contributed by atoms with Crippen molar-refractivity contribution in [2.24, 2.45) is 0 Å². The number of aliphatic carboxylic acids is 1. The zero-order valence-electron chi connectivity index (χ0n) is 27.7. The summed E-state index contributed by atoms with van der Waals surface area (Å²) in [4.78, 5) is 16.0. The molecule has 0 bridgehead atoms. The van der Waals surface area contributed by atoms with Crippen molar-refractivity contribution in [3.05, 3.63) is 78.1 Å². The van der Waals surface area contributed by atoms with Gasteiger partial charge in [-0.25, -0.2) is 0 Å². The van der Waals surface area contributed by atoms with Crippen LogP contribution in [0.4, 0.5) is 13.2 Å². The molecule has 3 rings (SSSR count). The van der Waals surface area contributed by atoms with Gasteiger partial charge in [0.15, 0.2) is 6.10 Å². The average Bonchev–Trinajstić information content (AvgIpc) is 3.04. The molecule has 1 N–H and O–H groups in total. The largest absolute Gasteiger partial charge is 0.481 e. The number of ether oxygens (including phenoxy) is 1. The lowest BCUT2D eigenvalue weighted by molar-refractivity contribution is -0.214. The van der Waals surface area contributed by atoms with Crippen LogP contribution in [0.25, 0.3) is 22.3 Å². The van der Waals surface area contributed by atoms with Crippen LogP contribution in [0.15, 0.2) is 66.9 Å². The SMILES string of the molecule is CCCCCCCCCCCCc1ccc(-c2cc(C(CCCC(=O)O)CCOC(C)C(F)(F)F)ccc2-c2ccccc2)cn1. The third kappa shape index (κ3) is 13.3. The van der Waals surface area contributed by atoms with Gasteiger partial charge in [0.1, 0.15) is 0 Å². The molecule has 0 aliphatic carbocycles. The molecule has 2 unspecified atom stereocenters. The number of aromatic nitrogens is 1. The summed E-state index contributed by atoms with van der Waals surface area (Å²) in [6.45, 7) is 3.20. The van der Waals surface area contributed by atoms with Crippen LogP contribution in [-0.4, -0.2) is 34.9 Å². The van der Waals surface area contributed by atoms with Crippen LogP contribution in [0.3, 0.4) is 0 Å². The number of aryl methyl sites for hydroxylation is 1. The first-order chi connectivity index (χ1) is 22.2. The van der Waals surface area contributed by atoms with Gasteiger partial charge in [-0.05, 0) is 73.3 Å². The molecule has 2 atom stereocenters. The Balaban J connectivity index is 1.72. The number of carbonyl (C=O) groups is 1. The fourth-order valence-corrected chi connectivity index (χ4v) is 5.91. The van der Waals surface area contributed by atoms with Crippen molar-refractivity contribution in [3.8, 4) is 22.3 Å². The van der Waals surface area contributed by atoms with Crippen molar-refractivity contribution in [2.45, 2.75) is 128 Å². The Morgan fingerprint density at radius 3 is 2.09 bits per heavy atom. The molecule has 0 spiro atoms. The first-order valence-corrected chi connectivity index (χ1v) is 17.2. The Hall–Kier alpha value is -3.19. The van der Waals surface area contributed by atoms with Crippen LogP contribution >= 0.6 is 0 Å². The molecule has 0 saturated carbocycles. The summed E-state index contributed by atoms with van der Waals surface area (Å²) < 4.78 is 44.3. The molecular weight excluding hydrogens is 587 g/mol. The van der Waals surface area contributed by atoms with Gasteiger partial charge in [-0.3, -0.25) is 9.78 Å². The van der Waals surface area contributed by atoms with Gasteiger partial charge in [-0.1, -0.05) is 119 Å². The van der Waals surface area contributed by atoms with E-state index in [0.717, 1.165) is 53.3 Å². The van der Waals surface area contributed by atoms with E-state index in [-0.39, 0.29) is 18.9 Å². The number of nitrogens with zero attached hydrogens (tertiary/aromatic N) is 1. The van der Waals surface area contributed by atoms with Crippen LogP contribution in [0.1, 0.15) is 121 Å². The fourth-order valence-electron chi connectivity index (χ4n) is 5.91. The summed E-state index contributed by atoms with van der Waals surface area (Å²) >= 11 is 0. The Morgan fingerprint density at radius 1 is 0.804 bits per heavy atom. The molecule has 0 aliphatic rings. The summed E-state index contributed by atoms with van der Waals surface area (Å²) in [6, 6.07) is 20.5. The standard InChI is InChI=1S/C39H52F3NO3/c1-3-4-5-6-7-8-9-10-11-15-20-35-24-22-34(29-43-35)37-28-33(23-25-36(37)32-17-13-12-14-18-32)31(19-16-21-38(44)45)26-27-46-30(2)39(40,41)42/h12-14,17-18,22-25,28-31H,3-11,15-16,19-21,26-27H2,1-2H3,(H,44,45). The number of hydrogen-bond donors (Lipinski definition) is 1. The molecule has 252 valence electrons. The van der Waals surface area contributed by atoms with Crippen LogP contribution < -0.4 is 0 Å². The van der Waals surface area contributed by atoms with Gasteiger partial charge >= 0.3 is 12.1 Å². The molecule has 0 aliphatic heterocycles. The van der Waals surface area contributed by atoms with E-state index in [0.29, 0.717) is 19.3 Å². The smallest absolute Gasteiger partial charge is 0.414 e.